The highest BCUT2D eigenvalue weighted by atomic mass is 32.2. The molecular formula is C9H15N5O3S. The first-order chi connectivity index (χ1) is 8.56. The third-order valence-corrected chi connectivity index (χ3v) is 3.01. The molecule has 0 bridgehead atoms. The second-order valence-electron chi connectivity index (χ2n) is 3.48. The molecule has 0 aliphatic rings. The van der Waals surface area contributed by atoms with Crippen LogP contribution in [0.2, 0.25) is 0 Å². The SMILES string of the molecule is CNc1ncnc(NCCCS(C)=O)c1[N+](=O)[O-]. The van der Waals surface area contributed by atoms with Gasteiger partial charge in [0.25, 0.3) is 0 Å². The first kappa shape index (κ1) is 14.3. The van der Waals surface area contributed by atoms with Crippen molar-refractivity contribution >= 4 is 28.1 Å². The van der Waals surface area contributed by atoms with Crippen molar-refractivity contribution in [2.24, 2.45) is 0 Å². The topological polar surface area (TPSA) is 110 Å². The van der Waals surface area contributed by atoms with Crippen LogP contribution in [0.4, 0.5) is 17.3 Å². The number of anilines is 2. The molecule has 1 aromatic rings. The lowest BCUT2D eigenvalue weighted by Crippen LogP contribution is -2.11. The summed E-state index contributed by atoms with van der Waals surface area (Å²) >= 11 is 0. The highest BCUT2D eigenvalue weighted by molar-refractivity contribution is 7.84. The molecule has 0 aliphatic heterocycles. The van der Waals surface area contributed by atoms with E-state index in [1.54, 1.807) is 13.3 Å². The van der Waals surface area contributed by atoms with Gasteiger partial charge in [-0.3, -0.25) is 14.3 Å². The maximum Gasteiger partial charge on any atom is 0.353 e. The van der Waals surface area contributed by atoms with E-state index in [0.717, 1.165) is 0 Å². The summed E-state index contributed by atoms with van der Waals surface area (Å²) in [4.78, 5) is 18.0. The summed E-state index contributed by atoms with van der Waals surface area (Å²) in [5, 5.41) is 16.4. The van der Waals surface area contributed by atoms with Gasteiger partial charge in [0.1, 0.15) is 6.33 Å². The van der Waals surface area contributed by atoms with Gasteiger partial charge in [-0.15, -0.1) is 0 Å². The van der Waals surface area contributed by atoms with Gasteiger partial charge < -0.3 is 10.6 Å². The van der Waals surface area contributed by atoms with E-state index in [0.29, 0.717) is 18.7 Å². The standard InChI is InChI=1S/C9H15N5O3S/c1-10-8-7(14(15)16)9(13-6-12-8)11-4-3-5-18(2)17/h6H,3-5H2,1-2H3,(H2,10,11,12,13). The molecule has 0 fully saturated rings. The van der Waals surface area contributed by atoms with E-state index in [-0.39, 0.29) is 17.3 Å². The molecule has 8 nitrogen and oxygen atoms in total. The summed E-state index contributed by atoms with van der Waals surface area (Å²) in [6.07, 6.45) is 3.52. The molecular weight excluding hydrogens is 258 g/mol. The Morgan fingerprint density at radius 3 is 2.67 bits per heavy atom. The molecule has 1 aromatic heterocycles. The Hall–Kier alpha value is -1.77. The van der Waals surface area contributed by atoms with Gasteiger partial charge >= 0.3 is 5.69 Å². The van der Waals surface area contributed by atoms with Crippen molar-refractivity contribution < 1.29 is 9.13 Å². The first-order valence-electron chi connectivity index (χ1n) is 5.27. The van der Waals surface area contributed by atoms with Crippen molar-refractivity contribution in [2.75, 3.05) is 36.2 Å². The van der Waals surface area contributed by atoms with Gasteiger partial charge in [-0.25, -0.2) is 9.97 Å². The molecule has 0 aromatic carbocycles. The van der Waals surface area contributed by atoms with E-state index in [1.807, 2.05) is 0 Å². The number of aromatic nitrogens is 2. The Bertz CT molecular complexity index is 454. The molecule has 100 valence electrons. The number of hydrogen-bond donors (Lipinski definition) is 2. The average Bonchev–Trinajstić information content (AvgIpc) is 2.33. The minimum Gasteiger partial charge on any atom is -0.367 e. The lowest BCUT2D eigenvalue weighted by Gasteiger charge is -2.07. The van der Waals surface area contributed by atoms with E-state index < -0.39 is 15.7 Å². The van der Waals surface area contributed by atoms with Crippen LogP contribution < -0.4 is 10.6 Å². The van der Waals surface area contributed by atoms with Crippen LogP contribution in [-0.4, -0.2) is 44.7 Å². The third-order valence-electron chi connectivity index (χ3n) is 2.14. The summed E-state index contributed by atoms with van der Waals surface area (Å²) in [6, 6.07) is 0. The number of hydrogen-bond acceptors (Lipinski definition) is 7. The van der Waals surface area contributed by atoms with Crippen LogP contribution in [-0.2, 0) is 10.8 Å². The number of nitrogens with zero attached hydrogens (tertiary/aromatic N) is 3. The molecule has 0 saturated carbocycles. The molecule has 2 N–H and O–H groups in total. The predicted octanol–water partition coefficient (Wildman–Crippen LogP) is 0.607. The van der Waals surface area contributed by atoms with Crippen molar-refractivity contribution in [2.45, 2.75) is 6.42 Å². The second-order valence-corrected chi connectivity index (χ2v) is 5.04. The van der Waals surface area contributed by atoms with Gasteiger partial charge in [0.15, 0.2) is 0 Å². The van der Waals surface area contributed by atoms with Gasteiger partial charge in [0.05, 0.1) is 4.92 Å². The number of nitrogens with one attached hydrogen (secondary N) is 2. The summed E-state index contributed by atoms with van der Waals surface area (Å²) < 4.78 is 10.9. The minimum atomic E-state index is -0.863. The van der Waals surface area contributed by atoms with E-state index in [4.69, 9.17) is 0 Å². The molecule has 1 unspecified atom stereocenters. The number of rotatable bonds is 7. The smallest absolute Gasteiger partial charge is 0.353 e. The summed E-state index contributed by atoms with van der Waals surface area (Å²) in [5.41, 5.74) is -0.183. The highest BCUT2D eigenvalue weighted by Crippen LogP contribution is 2.28. The van der Waals surface area contributed by atoms with Gasteiger partial charge in [0, 0.05) is 36.4 Å². The van der Waals surface area contributed by atoms with Crippen LogP contribution in [0.3, 0.4) is 0 Å². The third kappa shape index (κ3) is 3.91. The maximum absolute atomic E-state index is 10.9. The Morgan fingerprint density at radius 2 is 2.11 bits per heavy atom. The summed E-state index contributed by atoms with van der Waals surface area (Å²) in [6.45, 7) is 0.473. The number of nitro groups is 1. The Kier molecular flexibility index (Phi) is 5.43. The monoisotopic (exact) mass is 273 g/mol. The van der Waals surface area contributed by atoms with E-state index in [9.17, 15) is 14.3 Å². The Morgan fingerprint density at radius 1 is 1.44 bits per heavy atom. The summed E-state index contributed by atoms with van der Waals surface area (Å²) in [7, 11) is 0.692. The van der Waals surface area contributed by atoms with Gasteiger partial charge in [-0.2, -0.15) is 0 Å². The molecule has 0 aliphatic carbocycles. The van der Waals surface area contributed by atoms with Crippen molar-refractivity contribution in [3.63, 3.8) is 0 Å². The molecule has 0 amide bonds. The fraction of sp³-hybridized carbons (Fsp3) is 0.556. The maximum atomic E-state index is 10.9. The lowest BCUT2D eigenvalue weighted by atomic mass is 10.4. The largest absolute Gasteiger partial charge is 0.367 e. The quantitative estimate of drug-likeness (QED) is 0.425. The average molecular weight is 273 g/mol. The molecule has 18 heavy (non-hydrogen) atoms. The van der Waals surface area contributed by atoms with Crippen LogP contribution in [0.15, 0.2) is 6.33 Å². The van der Waals surface area contributed by atoms with Crippen LogP contribution in [0.25, 0.3) is 0 Å². The summed E-state index contributed by atoms with van der Waals surface area (Å²) in [5.74, 6) is 0.878. The fourth-order valence-electron chi connectivity index (χ4n) is 1.35. The van der Waals surface area contributed by atoms with Crippen LogP contribution in [0.1, 0.15) is 6.42 Å². The first-order valence-corrected chi connectivity index (χ1v) is 7.00. The Labute approximate surface area is 107 Å². The van der Waals surface area contributed by atoms with Gasteiger partial charge in [0.2, 0.25) is 11.6 Å². The van der Waals surface area contributed by atoms with Crippen molar-refractivity contribution in [3.05, 3.63) is 16.4 Å². The molecule has 1 atom stereocenters. The van der Waals surface area contributed by atoms with Crippen LogP contribution in [0, 0.1) is 10.1 Å². The molecule has 1 rings (SSSR count). The molecule has 9 heteroatoms. The van der Waals surface area contributed by atoms with Crippen LogP contribution in [0.5, 0.6) is 0 Å². The van der Waals surface area contributed by atoms with Crippen molar-refractivity contribution in [3.8, 4) is 0 Å². The lowest BCUT2D eigenvalue weighted by molar-refractivity contribution is -0.383. The van der Waals surface area contributed by atoms with Gasteiger partial charge in [-0.1, -0.05) is 0 Å². The molecule has 0 spiro atoms. The zero-order chi connectivity index (χ0) is 13.5. The van der Waals surface area contributed by atoms with Crippen LogP contribution >= 0.6 is 0 Å². The van der Waals surface area contributed by atoms with E-state index in [2.05, 4.69) is 20.6 Å². The molecule has 0 radical (unpaired) electrons. The van der Waals surface area contributed by atoms with E-state index in [1.165, 1.54) is 6.33 Å². The fourth-order valence-corrected chi connectivity index (χ4v) is 1.90. The highest BCUT2D eigenvalue weighted by Gasteiger charge is 2.21. The molecule has 0 saturated heterocycles. The van der Waals surface area contributed by atoms with E-state index >= 15 is 0 Å². The zero-order valence-corrected chi connectivity index (χ0v) is 11.0. The normalized spacial score (nSPS) is 11.9. The second kappa shape index (κ2) is 6.84. The minimum absolute atomic E-state index is 0.163. The molecule has 1 heterocycles. The van der Waals surface area contributed by atoms with Crippen molar-refractivity contribution in [1.82, 2.24) is 9.97 Å². The van der Waals surface area contributed by atoms with Crippen molar-refractivity contribution in [1.29, 1.82) is 0 Å². The zero-order valence-electron chi connectivity index (χ0n) is 10.2. The van der Waals surface area contributed by atoms with Gasteiger partial charge in [-0.05, 0) is 6.42 Å². The Balaban J connectivity index is 2.75. The predicted molar refractivity (Wildman–Crippen MR) is 70.3 cm³/mol.